The highest BCUT2D eigenvalue weighted by Crippen LogP contribution is 2.25. The minimum Gasteiger partial charge on any atom is -0.315 e. The van der Waals surface area contributed by atoms with E-state index in [2.05, 4.69) is 43.3 Å². The molecule has 4 heteroatoms. The maximum Gasteiger partial charge on any atom is 0.107 e. The van der Waals surface area contributed by atoms with E-state index in [0.717, 1.165) is 19.6 Å². The molecular weight excluding hydrogens is 254 g/mol. The van der Waals surface area contributed by atoms with Crippen LogP contribution in [0.2, 0.25) is 0 Å². The molecule has 19 heavy (non-hydrogen) atoms. The molecule has 0 saturated carbocycles. The van der Waals surface area contributed by atoms with E-state index in [1.54, 1.807) is 0 Å². The van der Waals surface area contributed by atoms with Crippen LogP contribution in [-0.2, 0) is 12.0 Å². The van der Waals surface area contributed by atoms with Gasteiger partial charge in [0.05, 0.1) is 12.2 Å². The first kappa shape index (κ1) is 14.9. The molecule has 1 saturated heterocycles. The SMILES string of the molecule is CCCN(Cc1nc(C(C)(C)C)cs1)C1CCNC1. The fourth-order valence-corrected chi connectivity index (χ4v) is 3.58. The topological polar surface area (TPSA) is 28.2 Å². The molecule has 2 heterocycles. The summed E-state index contributed by atoms with van der Waals surface area (Å²) in [6.07, 6.45) is 2.49. The largest absolute Gasteiger partial charge is 0.315 e. The van der Waals surface area contributed by atoms with Crippen LogP contribution < -0.4 is 5.32 Å². The van der Waals surface area contributed by atoms with E-state index < -0.39 is 0 Å². The van der Waals surface area contributed by atoms with Crippen molar-refractivity contribution < 1.29 is 0 Å². The summed E-state index contributed by atoms with van der Waals surface area (Å²) < 4.78 is 0. The van der Waals surface area contributed by atoms with Crippen LogP contribution in [0.1, 0.15) is 51.2 Å². The molecule has 0 spiro atoms. The highest BCUT2D eigenvalue weighted by atomic mass is 32.1. The van der Waals surface area contributed by atoms with Crippen LogP contribution in [-0.4, -0.2) is 35.6 Å². The fraction of sp³-hybridized carbons (Fsp3) is 0.800. The van der Waals surface area contributed by atoms with Gasteiger partial charge in [0.25, 0.3) is 0 Å². The van der Waals surface area contributed by atoms with Crippen molar-refractivity contribution >= 4 is 11.3 Å². The van der Waals surface area contributed by atoms with E-state index >= 15 is 0 Å². The van der Waals surface area contributed by atoms with Gasteiger partial charge in [-0.05, 0) is 25.9 Å². The van der Waals surface area contributed by atoms with E-state index in [0.29, 0.717) is 6.04 Å². The average Bonchev–Trinajstić information content (AvgIpc) is 2.98. The predicted octanol–water partition coefficient (Wildman–Crippen LogP) is 3.01. The lowest BCUT2D eigenvalue weighted by atomic mass is 9.93. The Hall–Kier alpha value is -0.450. The number of hydrogen-bond acceptors (Lipinski definition) is 4. The van der Waals surface area contributed by atoms with Gasteiger partial charge in [-0.15, -0.1) is 11.3 Å². The lowest BCUT2D eigenvalue weighted by molar-refractivity contribution is 0.199. The van der Waals surface area contributed by atoms with Gasteiger partial charge in [0, 0.05) is 23.4 Å². The highest BCUT2D eigenvalue weighted by molar-refractivity contribution is 7.09. The first-order chi connectivity index (χ1) is 9.00. The fourth-order valence-electron chi connectivity index (χ4n) is 2.53. The van der Waals surface area contributed by atoms with Gasteiger partial charge in [-0.1, -0.05) is 27.7 Å². The van der Waals surface area contributed by atoms with Crippen LogP contribution in [0.15, 0.2) is 5.38 Å². The maximum absolute atomic E-state index is 4.83. The number of hydrogen-bond donors (Lipinski definition) is 1. The van der Waals surface area contributed by atoms with Crippen molar-refractivity contribution in [3.8, 4) is 0 Å². The van der Waals surface area contributed by atoms with Gasteiger partial charge < -0.3 is 5.32 Å². The molecule has 1 aromatic heterocycles. The van der Waals surface area contributed by atoms with Crippen LogP contribution in [0.4, 0.5) is 0 Å². The average molecular weight is 281 g/mol. The summed E-state index contributed by atoms with van der Waals surface area (Å²) in [5, 5.41) is 6.97. The van der Waals surface area contributed by atoms with Crippen LogP contribution >= 0.6 is 11.3 Å². The second-order valence-electron chi connectivity index (χ2n) is 6.49. The molecule has 1 aromatic rings. The molecule has 0 bridgehead atoms. The molecule has 2 rings (SSSR count). The quantitative estimate of drug-likeness (QED) is 0.899. The van der Waals surface area contributed by atoms with Crippen LogP contribution in [0.25, 0.3) is 0 Å². The lowest BCUT2D eigenvalue weighted by Crippen LogP contribution is -2.36. The molecule has 1 atom stereocenters. The Bertz CT molecular complexity index is 388. The van der Waals surface area contributed by atoms with Crippen LogP contribution in [0.5, 0.6) is 0 Å². The van der Waals surface area contributed by atoms with Gasteiger partial charge in [-0.25, -0.2) is 4.98 Å². The second kappa shape index (κ2) is 6.33. The molecule has 0 aliphatic carbocycles. The number of rotatable bonds is 5. The van der Waals surface area contributed by atoms with Gasteiger partial charge in [0.2, 0.25) is 0 Å². The first-order valence-corrected chi connectivity index (χ1v) is 8.28. The third kappa shape index (κ3) is 4.01. The van der Waals surface area contributed by atoms with Gasteiger partial charge in [0.15, 0.2) is 0 Å². The standard InChI is InChI=1S/C15H27N3S/c1-5-8-18(12-6-7-16-9-12)10-14-17-13(11-19-14)15(2,3)4/h11-12,16H,5-10H2,1-4H3. The van der Waals surface area contributed by atoms with Gasteiger partial charge >= 0.3 is 0 Å². The van der Waals surface area contributed by atoms with E-state index in [9.17, 15) is 0 Å². The number of thiazole rings is 1. The summed E-state index contributed by atoms with van der Waals surface area (Å²) in [7, 11) is 0. The van der Waals surface area contributed by atoms with E-state index in [1.165, 1.54) is 30.1 Å². The summed E-state index contributed by atoms with van der Waals surface area (Å²) in [6.45, 7) is 13.5. The van der Waals surface area contributed by atoms with Gasteiger partial charge in [0.1, 0.15) is 5.01 Å². The molecule has 1 aliphatic heterocycles. The van der Waals surface area contributed by atoms with Crippen molar-refractivity contribution in [3.63, 3.8) is 0 Å². The monoisotopic (exact) mass is 281 g/mol. The molecule has 0 aromatic carbocycles. The Morgan fingerprint density at radius 2 is 2.26 bits per heavy atom. The molecule has 0 radical (unpaired) electrons. The molecule has 1 N–H and O–H groups in total. The van der Waals surface area contributed by atoms with Gasteiger partial charge in [-0.3, -0.25) is 4.90 Å². The Balaban J connectivity index is 2.02. The van der Waals surface area contributed by atoms with E-state index in [-0.39, 0.29) is 5.41 Å². The molecule has 0 amide bonds. The van der Waals surface area contributed by atoms with Gasteiger partial charge in [-0.2, -0.15) is 0 Å². The Morgan fingerprint density at radius 3 is 2.79 bits per heavy atom. The molecular formula is C15H27N3S. The Labute approximate surface area is 121 Å². The third-order valence-corrected chi connectivity index (χ3v) is 4.55. The molecule has 3 nitrogen and oxygen atoms in total. The highest BCUT2D eigenvalue weighted by Gasteiger charge is 2.23. The number of aromatic nitrogens is 1. The zero-order chi connectivity index (χ0) is 13.9. The molecule has 1 fully saturated rings. The summed E-state index contributed by atoms with van der Waals surface area (Å²) >= 11 is 1.82. The summed E-state index contributed by atoms with van der Waals surface area (Å²) in [5.41, 5.74) is 1.40. The Morgan fingerprint density at radius 1 is 1.47 bits per heavy atom. The molecule has 108 valence electrons. The normalized spacial score (nSPS) is 20.4. The third-order valence-electron chi connectivity index (χ3n) is 3.72. The minimum atomic E-state index is 0.166. The van der Waals surface area contributed by atoms with Crippen LogP contribution in [0.3, 0.4) is 0 Å². The Kier molecular flexibility index (Phi) is 4.98. The maximum atomic E-state index is 4.83. The summed E-state index contributed by atoms with van der Waals surface area (Å²) in [4.78, 5) is 7.43. The summed E-state index contributed by atoms with van der Waals surface area (Å²) in [5.74, 6) is 0. The zero-order valence-electron chi connectivity index (χ0n) is 12.7. The number of nitrogens with zero attached hydrogens (tertiary/aromatic N) is 2. The molecule has 1 unspecified atom stereocenters. The minimum absolute atomic E-state index is 0.166. The van der Waals surface area contributed by atoms with E-state index in [1.807, 2.05) is 11.3 Å². The second-order valence-corrected chi connectivity index (χ2v) is 7.44. The lowest BCUT2D eigenvalue weighted by Gasteiger charge is -2.27. The van der Waals surface area contributed by atoms with Crippen LogP contribution in [0, 0.1) is 0 Å². The van der Waals surface area contributed by atoms with Crippen molar-refractivity contribution in [1.29, 1.82) is 0 Å². The van der Waals surface area contributed by atoms with E-state index in [4.69, 9.17) is 4.98 Å². The molecule has 1 aliphatic rings. The van der Waals surface area contributed by atoms with Crippen molar-refractivity contribution in [2.45, 2.75) is 58.5 Å². The first-order valence-electron chi connectivity index (χ1n) is 7.40. The summed E-state index contributed by atoms with van der Waals surface area (Å²) in [6, 6.07) is 0.696. The van der Waals surface area contributed by atoms with Crippen molar-refractivity contribution in [1.82, 2.24) is 15.2 Å². The smallest absolute Gasteiger partial charge is 0.107 e. The number of nitrogens with one attached hydrogen (secondary N) is 1. The van der Waals surface area contributed by atoms with Crippen molar-refractivity contribution in [3.05, 3.63) is 16.1 Å². The van der Waals surface area contributed by atoms with Crippen molar-refractivity contribution in [2.75, 3.05) is 19.6 Å². The van der Waals surface area contributed by atoms with Crippen molar-refractivity contribution in [2.24, 2.45) is 0 Å². The zero-order valence-corrected chi connectivity index (χ0v) is 13.5. The predicted molar refractivity (Wildman–Crippen MR) is 82.8 cm³/mol.